The van der Waals surface area contributed by atoms with E-state index in [0.29, 0.717) is 0 Å². The third-order valence-corrected chi connectivity index (χ3v) is 0. The van der Waals surface area contributed by atoms with Crippen molar-refractivity contribution in [2.75, 3.05) is 0 Å². The normalized spacial score (nSPS) is 0.667. The summed E-state index contributed by atoms with van der Waals surface area (Å²) in [5, 5.41) is 0. The molecule has 0 saturated carbocycles. The van der Waals surface area contributed by atoms with Gasteiger partial charge in [-0.2, -0.15) is 0 Å². The molecule has 0 heterocycles. The summed E-state index contributed by atoms with van der Waals surface area (Å²) in [4.78, 5) is 0. The van der Waals surface area contributed by atoms with Crippen molar-refractivity contribution in [1.82, 2.24) is 0 Å². The van der Waals surface area contributed by atoms with E-state index in [2.05, 4.69) is 0 Å². The SMILES string of the molecule is [Al+3].[O-2].[O-2].[O]=[Ru+].[Ti+4]. The van der Waals surface area contributed by atoms with E-state index in [1.54, 1.807) is 0 Å². The summed E-state index contributed by atoms with van der Waals surface area (Å²) in [6.07, 6.45) is 0. The topological polar surface area (TPSA) is 74.1 Å². The van der Waals surface area contributed by atoms with Gasteiger partial charge in [-0.3, -0.25) is 0 Å². The molecule has 6 heavy (non-hydrogen) atoms. The first-order valence-corrected chi connectivity index (χ1v) is 0.854. The van der Waals surface area contributed by atoms with E-state index < -0.39 is 0 Å². The summed E-state index contributed by atoms with van der Waals surface area (Å²) < 4.78 is 8.18. The molecule has 3 nitrogen and oxygen atoms in total. The molecule has 0 saturated heterocycles. The molecule has 0 spiro atoms. The Morgan fingerprint density at radius 3 is 1.00 bits per heavy atom. The van der Waals surface area contributed by atoms with Crippen molar-refractivity contribution in [3.63, 3.8) is 0 Å². The van der Waals surface area contributed by atoms with Crippen molar-refractivity contribution in [2.24, 2.45) is 0 Å². The van der Waals surface area contributed by atoms with Crippen LogP contribution in [0.25, 0.3) is 0 Å². The molecular weight excluding hydrogens is 224 g/mol. The van der Waals surface area contributed by atoms with Crippen molar-refractivity contribution in [3.8, 4) is 0 Å². The van der Waals surface area contributed by atoms with Gasteiger partial charge in [0, 0.05) is 0 Å². The maximum absolute atomic E-state index is 8.18. The Bertz CT molecular complexity index is 10.8. The summed E-state index contributed by atoms with van der Waals surface area (Å²) in [5.74, 6) is 0. The first-order valence-electron chi connectivity index (χ1n) is 0.144. The van der Waals surface area contributed by atoms with Gasteiger partial charge < -0.3 is 11.0 Å². The minimum absolute atomic E-state index is 0. The molecule has 29 valence electrons. The van der Waals surface area contributed by atoms with Gasteiger partial charge in [0.2, 0.25) is 0 Å². The summed E-state index contributed by atoms with van der Waals surface area (Å²) in [6.45, 7) is 0. The summed E-state index contributed by atoms with van der Waals surface area (Å²) >= 11 is 1.10. The van der Waals surface area contributed by atoms with Crippen LogP contribution in [-0.4, -0.2) is 17.4 Å². The number of hydrogen-bond acceptors (Lipinski definition) is 1. The van der Waals surface area contributed by atoms with E-state index in [9.17, 15) is 0 Å². The van der Waals surface area contributed by atoms with Crippen LogP contribution in [0.4, 0.5) is 0 Å². The van der Waals surface area contributed by atoms with Gasteiger partial charge in [0.25, 0.3) is 0 Å². The smallest absolute Gasteiger partial charge is 4.00 e. The summed E-state index contributed by atoms with van der Waals surface area (Å²) in [6, 6.07) is 0. The van der Waals surface area contributed by atoms with Gasteiger partial charge in [0.15, 0.2) is 0 Å². The van der Waals surface area contributed by atoms with Gasteiger partial charge >= 0.3 is 60.9 Å². The standard InChI is InChI=1S/Al.3O.Ru.Ti/q+3;;2*-2;+1;+4. The molecule has 0 unspecified atom stereocenters. The molecular formula is AlO3RuTi+4. The molecule has 0 fully saturated rings. The minimum Gasteiger partial charge on any atom is 4.00 e. The average molecular weight is 224 g/mol. The second-order valence-electron chi connectivity index (χ2n) is 0. The molecule has 0 atom stereocenters. The molecule has 0 N–H and O–H groups in total. The maximum atomic E-state index is 8.18. The molecule has 0 radical (unpaired) electrons. The largest absolute Gasteiger partial charge is 4.00 e. The molecule has 0 aliphatic carbocycles. The summed E-state index contributed by atoms with van der Waals surface area (Å²) in [5.41, 5.74) is 0. The van der Waals surface area contributed by atoms with Crippen molar-refractivity contribution in [3.05, 3.63) is 0 Å². The zero-order valence-electron chi connectivity index (χ0n) is 2.66. The molecule has 0 aliphatic heterocycles. The Labute approximate surface area is 71.4 Å². The Morgan fingerprint density at radius 1 is 1.00 bits per heavy atom. The van der Waals surface area contributed by atoms with Crippen LogP contribution >= 0.6 is 0 Å². The molecule has 6 heteroatoms. The Morgan fingerprint density at radius 2 is 1.00 bits per heavy atom. The molecule has 0 rings (SSSR count). The third-order valence-electron chi connectivity index (χ3n) is 0. The van der Waals surface area contributed by atoms with Crippen LogP contribution in [0.5, 0.6) is 0 Å². The molecule has 0 amide bonds. The zero-order chi connectivity index (χ0) is 2.00. The number of hydrogen-bond donors (Lipinski definition) is 0. The van der Waals surface area contributed by atoms with Crippen LogP contribution in [0.2, 0.25) is 0 Å². The molecule has 0 aromatic carbocycles. The predicted molar refractivity (Wildman–Crippen MR) is 7.81 cm³/mol. The second-order valence-corrected chi connectivity index (χ2v) is 0. The van der Waals surface area contributed by atoms with Gasteiger partial charge in [-0.1, -0.05) is 0 Å². The van der Waals surface area contributed by atoms with E-state index in [0.717, 1.165) is 18.3 Å². The van der Waals surface area contributed by atoms with Crippen LogP contribution in [-0.2, 0) is 54.5 Å². The van der Waals surface area contributed by atoms with Crippen molar-refractivity contribution >= 4 is 17.4 Å². The first-order chi connectivity index (χ1) is 1.00. The maximum Gasteiger partial charge on any atom is 4.00 e. The molecule has 0 bridgehead atoms. The van der Waals surface area contributed by atoms with Crippen molar-refractivity contribution < 1.29 is 54.5 Å². The van der Waals surface area contributed by atoms with Crippen LogP contribution in [0, 0.1) is 0 Å². The minimum atomic E-state index is 0. The quantitative estimate of drug-likeness (QED) is 0.499. The molecule has 0 aliphatic rings. The molecule has 0 aromatic heterocycles. The fraction of sp³-hybridized carbons (Fsp3) is 0. The Balaban J connectivity index is -0.000000000833. The van der Waals surface area contributed by atoms with Gasteiger partial charge in [0.1, 0.15) is 0 Å². The van der Waals surface area contributed by atoms with Gasteiger partial charge in [0.05, 0.1) is 0 Å². The Hall–Kier alpha value is 1.59. The fourth-order valence-electron chi connectivity index (χ4n) is 0. The van der Waals surface area contributed by atoms with Crippen LogP contribution in [0.15, 0.2) is 0 Å². The van der Waals surface area contributed by atoms with E-state index in [-0.39, 0.29) is 50.0 Å². The van der Waals surface area contributed by atoms with E-state index in [4.69, 9.17) is 3.57 Å². The third kappa shape index (κ3) is 46.6. The fourth-order valence-corrected chi connectivity index (χ4v) is 0. The average Bonchev–Trinajstić information content (AvgIpc) is 1.00. The Kier molecular flexibility index (Phi) is 667. The van der Waals surface area contributed by atoms with E-state index in [1.165, 1.54) is 0 Å². The van der Waals surface area contributed by atoms with Gasteiger partial charge in [-0.05, 0) is 0 Å². The van der Waals surface area contributed by atoms with Crippen LogP contribution in [0.3, 0.4) is 0 Å². The first kappa shape index (κ1) is 49.1. The van der Waals surface area contributed by atoms with Crippen molar-refractivity contribution in [1.29, 1.82) is 0 Å². The van der Waals surface area contributed by atoms with Crippen molar-refractivity contribution in [2.45, 2.75) is 0 Å². The number of rotatable bonds is 0. The predicted octanol–water partition coefficient (Wildman–Crippen LogP) is -0.742. The van der Waals surface area contributed by atoms with E-state index in [1.807, 2.05) is 0 Å². The zero-order valence-corrected chi connectivity index (χ0v) is 7.11. The monoisotopic (exact) mass is 225 g/mol. The second kappa shape index (κ2) is 81.4. The summed E-state index contributed by atoms with van der Waals surface area (Å²) in [7, 11) is 0. The van der Waals surface area contributed by atoms with Crippen LogP contribution < -0.4 is 0 Å². The van der Waals surface area contributed by atoms with Gasteiger partial charge in [-0.25, -0.2) is 0 Å². The van der Waals surface area contributed by atoms with Crippen LogP contribution in [0.1, 0.15) is 0 Å². The van der Waals surface area contributed by atoms with Gasteiger partial charge in [-0.15, -0.1) is 0 Å². The molecule has 0 aromatic rings. The van der Waals surface area contributed by atoms with E-state index >= 15 is 0 Å².